The van der Waals surface area contributed by atoms with Crippen LogP contribution in [0.1, 0.15) is 11.1 Å². The van der Waals surface area contributed by atoms with Gasteiger partial charge in [0, 0.05) is 10.2 Å². The number of imide groups is 1. The minimum atomic E-state index is -0.352. The van der Waals surface area contributed by atoms with Crippen LogP contribution in [0.2, 0.25) is 0 Å². The Labute approximate surface area is 183 Å². The maximum absolute atomic E-state index is 13.3. The van der Waals surface area contributed by atoms with Gasteiger partial charge in [0.25, 0.3) is 11.8 Å². The van der Waals surface area contributed by atoms with Crippen molar-refractivity contribution in [1.82, 2.24) is 4.90 Å². The van der Waals surface area contributed by atoms with E-state index in [4.69, 9.17) is 4.74 Å². The number of anilines is 1. The zero-order valence-electron chi connectivity index (χ0n) is 16.3. The van der Waals surface area contributed by atoms with Crippen LogP contribution in [0.4, 0.5) is 5.69 Å². The van der Waals surface area contributed by atoms with Crippen molar-refractivity contribution in [2.45, 2.75) is 6.54 Å². The minimum Gasteiger partial charge on any atom is -0.497 e. The molecule has 1 aliphatic rings. The van der Waals surface area contributed by atoms with E-state index in [2.05, 4.69) is 21.2 Å². The molecule has 0 radical (unpaired) electrons. The van der Waals surface area contributed by atoms with Crippen LogP contribution in [-0.4, -0.2) is 23.8 Å². The van der Waals surface area contributed by atoms with Crippen LogP contribution in [0.15, 0.2) is 89.0 Å². The number of amides is 2. The lowest BCUT2D eigenvalue weighted by Gasteiger charge is -2.15. The monoisotopic (exact) mass is 462 g/mol. The molecule has 30 heavy (non-hydrogen) atoms. The quantitative estimate of drug-likeness (QED) is 0.531. The molecule has 0 unspecified atom stereocenters. The summed E-state index contributed by atoms with van der Waals surface area (Å²) in [6.45, 7) is 0.210. The Morgan fingerprint density at radius 3 is 2.30 bits per heavy atom. The van der Waals surface area contributed by atoms with Gasteiger partial charge >= 0.3 is 0 Å². The first-order valence-electron chi connectivity index (χ1n) is 9.38. The van der Waals surface area contributed by atoms with Crippen LogP contribution in [0, 0.1) is 0 Å². The Morgan fingerprint density at radius 2 is 1.63 bits per heavy atom. The van der Waals surface area contributed by atoms with E-state index in [9.17, 15) is 9.59 Å². The number of hydrogen-bond acceptors (Lipinski definition) is 4. The molecule has 1 heterocycles. The van der Waals surface area contributed by atoms with Crippen LogP contribution >= 0.6 is 15.9 Å². The van der Waals surface area contributed by atoms with Gasteiger partial charge in [0.05, 0.1) is 19.2 Å². The average molecular weight is 463 g/mol. The highest BCUT2D eigenvalue weighted by Gasteiger charge is 2.39. The number of methoxy groups -OCH3 is 1. The predicted molar refractivity (Wildman–Crippen MR) is 120 cm³/mol. The van der Waals surface area contributed by atoms with E-state index in [0.29, 0.717) is 22.6 Å². The summed E-state index contributed by atoms with van der Waals surface area (Å²) in [7, 11) is 1.58. The van der Waals surface area contributed by atoms with Gasteiger partial charge in [-0.25, -0.2) is 0 Å². The van der Waals surface area contributed by atoms with E-state index >= 15 is 0 Å². The molecule has 0 spiro atoms. The van der Waals surface area contributed by atoms with E-state index in [1.807, 2.05) is 54.6 Å². The molecule has 0 atom stereocenters. The topological polar surface area (TPSA) is 58.6 Å². The molecule has 1 N–H and O–H groups in total. The standard InChI is InChI=1S/C24H19BrN2O3/c1-30-20-12-10-17(11-13-20)21-22(26-19-9-5-8-18(25)14-19)24(29)27(23(21)28)15-16-6-3-2-4-7-16/h2-14,26H,15H2,1H3. The second-order valence-electron chi connectivity index (χ2n) is 6.80. The van der Waals surface area contributed by atoms with Gasteiger partial charge in [0.1, 0.15) is 11.4 Å². The van der Waals surface area contributed by atoms with Crippen LogP contribution in [0.3, 0.4) is 0 Å². The third-order valence-corrected chi connectivity index (χ3v) is 5.32. The van der Waals surface area contributed by atoms with Gasteiger partial charge in [-0.3, -0.25) is 14.5 Å². The highest BCUT2D eigenvalue weighted by atomic mass is 79.9. The molecular weight excluding hydrogens is 444 g/mol. The Bertz CT molecular complexity index is 1120. The number of carbonyl (C=O) groups is 2. The molecule has 4 rings (SSSR count). The van der Waals surface area contributed by atoms with Crippen LogP contribution in [0.5, 0.6) is 5.75 Å². The van der Waals surface area contributed by atoms with Crippen LogP contribution in [-0.2, 0) is 16.1 Å². The van der Waals surface area contributed by atoms with Crippen molar-refractivity contribution in [3.63, 3.8) is 0 Å². The maximum atomic E-state index is 13.3. The first-order chi connectivity index (χ1) is 14.6. The summed E-state index contributed by atoms with van der Waals surface area (Å²) in [4.78, 5) is 27.8. The Morgan fingerprint density at radius 1 is 0.900 bits per heavy atom. The van der Waals surface area contributed by atoms with Gasteiger partial charge in [0.15, 0.2) is 0 Å². The van der Waals surface area contributed by atoms with E-state index in [1.54, 1.807) is 31.4 Å². The van der Waals surface area contributed by atoms with Crippen LogP contribution in [0.25, 0.3) is 5.57 Å². The number of nitrogens with one attached hydrogen (secondary N) is 1. The van der Waals surface area contributed by atoms with Crippen molar-refractivity contribution < 1.29 is 14.3 Å². The van der Waals surface area contributed by atoms with Gasteiger partial charge in [0.2, 0.25) is 0 Å². The maximum Gasteiger partial charge on any atom is 0.278 e. The van der Waals surface area contributed by atoms with E-state index in [0.717, 1.165) is 10.0 Å². The number of nitrogens with zero attached hydrogens (tertiary/aromatic N) is 1. The van der Waals surface area contributed by atoms with Crippen molar-refractivity contribution in [1.29, 1.82) is 0 Å². The first-order valence-corrected chi connectivity index (χ1v) is 10.2. The fourth-order valence-corrected chi connectivity index (χ4v) is 3.74. The fourth-order valence-electron chi connectivity index (χ4n) is 3.34. The number of rotatable bonds is 6. The van der Waals surface area contributed by atoms with Crippen molar-refractivity contribution in [2.24, 2.45) is 0 Å². The lowest BCUT2D eigenvalue weighted by molar-refractivity contribution is -0.137. The zero-order chi connectivity index (χ0) is 21.1. The lowest BCUT2D eigenvalue weighted by atomic mass is 10.0. The van der Waals surface area contributed by atoms with E-state index in [1.165, 1.54) is 4.90 Å². The number of benzene rings is 3. The summed E-state index contributed by atoms with van der Waals surface area (Å²) in [6.07, 6.45) is 0. The Hall–Kier alpha value is -3.38. The number of halogens is 1. The fraction of sp³-hybridized carbons (Fsp3) is 0.0833. The molecule has 3 aromatic rings. The molecule has 150 valence electrons. The van der Waals surface area contributed by atoms with Crippen molar-refractivity contribution in [2.75, 3.05) is 12.4 Å². The van der Waals surface area contributed by atoms with Gasteiger partial charge in [-0.2, -0.15) is 0 Å². The first kappa shape index (κ1) is 19.9. The third-order valence-electron chi connectivity index (χ3n) is 4.82. The largest absolute Gasteiger partial charge is 0.497 e. The molecule has 5 nitrogen and oxygen atoms in total. The molecule has 0 saturated heterocycles. The minimum absolute atomic E-state index is 0.210. The highest BCUT2D eigenvalue weighted by Crippen LogP contribution is 2.32. The Balaban J connectivity index is 1.74. The summed E-state index contributed by atoms with van der Waals surface area (Å²) in [5.41, 5.74) is 2.87. The van der Waals surface area contributed by atoms with Gasteiger partial charge in [-0.1, -0.05) is 64.5 Å². The SMILES string of the molecule is COc1ccc(C2=C(Nc3cccc(Br)c3)C(=O)N(Cc3ccccc3)C2=O)cc1. The predicted octanol–water partition coefficient (Wildman–Crippen LogP) is 4.85. The number of hydrogen-bond donors (Lipinski definition) is 1. The molecule has 0 saturated carbocycles. The van der Waals surface area contributed by atoms with E-state index < -0.39 is 0 Å². The van der Waals surface area contributed by atoms with Crippen molar-refractivity contribution in [3.05, 3.63) is 100 Å². The van der Waals surface area contributed by atoms with Crippen LogP contribution < -0.4 is 10.1 Å². The van der Waals surface area contributed by atoms with Gasteiger partial charge < -0.3 is 10.1 Å². The molecule has 3 aromatic carbocycles. The molecule has 0 aliphatic carbocycles. The molecule has 6 heteroatoms. The molecular formula is C24H19BrN2O3. The second kappa shape index (κ2) is 8.55. The lowest BCUT2D eigenvalue weighted by Crippen LogP contribution is -2.31. The van der Waals surface area contributed by atoms with Crippen molar-refractivity contribution in [3.8, 4) is 5.75 Å². The van der Waals surface area contributed by atoms with Crippen molar-refractivity contribution >= 4 is 39.0 Å². The molecule has 0 bridgehead atoms. The highest BCUT2D eigenvalue weighted by molar-refractivity contribution is 9.10. The second-order valence-corrected chi connectivity index (χ2v) is 7.71. The number of ether oxygens (including phenoxy) is 1. The van der Waals surface area contributed by atoms with Gasteiger partial charge in [-0.05, 0) is 41.5 Å². The summed E-state index contributed by atoms with van der Waals surface area (Å²) >= 11 is 3.44. The molecule has 0 aromatic heterocycles. The molecule has 1 aliphatic heterocycles. The molecule has 2 amide bonds. The summed E-state index contributed by atoms with van der Waals surface area (Å²) in [5, 5.41) is 3.16. The third kappa shape index (κ3) is 4.00. The average Bonchev–Trinajstić information content (AvgIpc) is 2.99. The number of carbonyl (C=O) groups excluding carboxylic acids is 2. The molecule has 0 fully saturated rings. The summed E-state index contributed by atoms with van der Waals surface area (Å²) in [6, 6.07) is 24.1. The smallest absolute Gasteiger partial charge is 0.278 e. The zero-order valence-corrected chi connectivity index (χ0v) is 17.8. The normalized spacial score (nSPS) is 13.7. The van der Waals surface area contributed by atoms with Gasteiger partial charge in [-0.15, -0.1) is 0 Å². The summed E-state index contributed by atoms with van der Waals surface area (Å²) < 4.78 is 6.09. The summed E-state index contributed by atoms with van der Waals surface area (Å²) in [5.74, 6) is -0.0000680. The van der Waals surface area contributed by atoms with E-state index in [-0.39, 0.29) is 24.1 Å². The Kier molecular flexibility index (Phi) is 5.68.